The predicted octanol–water partition coefficient (Wildman–Crippen LogP) is 2.81. The van der Waals surface area contributed by atoms with Crippen LogP contribution in [0.1, 0.15) is 28.2 Å². The third kappa shape index (κ3) is 4.45. The van der Waals surface area contributed by atoms with E-state index in [0.717, 1.165) is 4.88 Å². The number of benzene rings is 1. The number of esters is 1. The lowest BCUT2D eigenvalue weighted by Gasteiger charge is -2.15. The largest absolute Gasteiger partial charge is 0.493 e. The molecule has 8 heteroatoms. The van der Waals surface area contributed by atoms with Crippen molar-refractivity contribution < 1.29 is 28.5 Å². The number of nitrogens with one attached hydrogen (secondary N) is 1. The SMILES string of the molecule is COc1ccc(C(=O)OCC(=O)N[C@H](C)c2cccs2)c(OC)c1OC. The molecule has 2 aromatic rings. The lowest BCUT2D eigenvalue weighted by Crippen LogP contribution is -2.30. The highest BCUT2D eigenvalue weighted by molar-refractivity contribution is 7.10. The Morgan fingerprint density at radius 1 is 1.08 bits per heavy atom. The van der Waals surface area contributed by atoms with Gasteiger partial charge < -0.3 is 24.3 Å². The van der Waals surface area contributed by atoms with E-state index in [1.165, 1.54) is 27.4 Å². The van der Waals surface area contributed by atoms with Gasteiger partial charge in [-0.1, -0.05) is 6.07 Å². The molecule has 0 saturated carbocycles. The molecular formula is C18H21NO6S. The molecule has 2 rings (SSSR count). The molecule has 0 spiro atoms. The average Bonchev–Trinajstić information content (AvgIpc) is 3.19. The van der Waals surface area contributed by atoms with Crippen LogP contribution in [0.25, 0.3) is 0 Å². The van der Waals surface area contributed by atoms with Gasteiger partial charge in [-0.25, -0.2) is 4.79 Å². The van der Waals surface area contributed by atoms with Gasteiger partial charge in [0.25, 0.3) is 5.91 Å². The van der Waals surface area contributed by atoms with Crippen molar-refractivity contribution in [1.82, 2.24) is 5.32 Å². The van der Waals surface area contributed by atoms with Crippen LogP contribution in [0.2, 0.25) is 0 Å². The molecule has 1 heterocycles. The Bertz CT molecular complexity index is 759. The second-order valence-corrected chi connectivity index (χ2v) is 6.24. The van der Waals surface area contributed by atoms with Crippen LogP contribution >= 0.6 is 11.3 Å². The monoisotopic (exact) mass is 379 g/mol. The summed E-state index contributed by atoms with van der Waals surface area (Å²) in [5, 5.41) is 4.71. The summed E-state index contributed by atoms with van der Waals surface area (Å²) in [6.07, 6.45) is 0. The molecule has 1 N–H and O–H groups in total. The third-order valence-electron chi connectivity index (χ3n) is 3.61. The van der Waals surface area contributed by atoms with Crippen molar-refractivity contribution >= 4 is 23.2 Å². The second kappa shape index (κ2) is 9.10. The molecule has 1 aromatic carbocycles. The maximum absolute atomic E-state index is 12.3. The first-order valence-electron chi connectivity index (χ1n) is 7.80. The van der Waals surface area contributed by atoms with Crippen molar-refractivity contribution in [1.29, 1.82) is 0 Å². The molecule has 140 valence electrons. The number of ether oxygens (including phenoxy) is 4. The number of carbonyl (C=O) groups is 2. The maximum atomic E-state index is 12.3. The quantitative estimate of drug-likeness (QED) is 0.710. The fraction of sp³-hybridized carbons (Fsp3) is 0.333. The molecule has 0 aliphatic carbocycles. The summed E-state index contributed by atoms with van der Waals surface area (Å²) in [5.74, 6) is -0.201. The minimum atomic E-state index is -0.693. The highest BCUT2D eigenvalue weighted by Crippen LogP contribution is 2.39. The van der Waals surface area contributed by atoms with Crippen LogP contribution in [-0.2, 0) is 9.53 Å². The fourth-order valence-electron chi connectivity index (χ4n) is 2.36. The summed E-state index contributed by atoms with van der Waals surface area (Å²) in [7, 11) is 4.33. The van der Waals surface area contributed by atoms with E-state index in [1.807, 2.05) is 24.4 Å². The molecule has 0 aliphatic rings. The van der Waals surface area contributed by atoms with Crippen molar-refractivity contribution in [2.24, 2.45) is 0 Å². The van der Waals surface area contributed by atoms with Gasteiger partial charge in [0.05, 0.1) is 27.4 Å². The molecule has 7 nitrogen and oxygen atoms in total. The van der Waals surface area contributed by atoms with E-state index >= 15 is 0 Å². The van der Waals surface area contributed by atoms with Crippen molar-refractivity contribution in [3.05, 3.63) is 40.1 Å². The highest BCUT2D eigenvalue weighted by atomic mass is 32.1. The van der Waals surface area contributed by atoms with Gasteiger partial charge in [0, 0.05) is 4.88 Å². The molecule has 0 unspecified atom stereocenters. The molecular weight excluding hydrogens is 358 g/mol. The van der Waals surface area contributed by atoms with Gasteiger partial charge in [-0.2, -0.15) is 0 Å². The van der Waals surface area contributed by atoms with Crippen LogP contribution in [0.5, 0.6) is 17.2 Å². The Labute approximate surface area is 155 Å². The second-order valence-electron chi connectivity index (χ2n) is 5.26. The average molecular weight is 379 g/mol. The van der Waals surface area contributed by atoms with Gasteiger partial charge in [-0.15, -0.1) is 11.3 Å². The topological polar surface area (TPSA) is 83.1 Å². The Kier molecular flexibility index (Phi) is 6.85. The molecule has 0 radical (unpaired) electrons. The normalized spacial score (nSPS) is 11.4. The molecule has 1 aromatic heterocycles. The number of thiophene rings is 1. The number of amides is 1. The zero-order valence-corrected chi connectivity index (χ0v) is 15.8. The van der Waals surface area contributed by atoms with Crippen LogP contribution in [0.3, 0.4) is 0 Å². The van der Waals surface area contributed by atoms with Gasteiger partial charge in [0.1, 0.15) is 5.56 Å². The molecule has 0 saturated heterocycles. The van der Waals surface area contributed by atoms with E-state index in [2.05, 4.69) is 5.32 Å². The lowest BCUT2D eigenvalue weighted by atomic mass is 10.1. The molecule has 0 bridgehead atoms. The Morgan fingerprint density at radius 3 is 2.38 bits per heavy atom. The number of rotatable bonds is 8. The molecule has 0 fully saturated rings. The first-order chi connectivity index (χ1) is 12.5. The van der Waals surface area contributed by atoms with E-state index in [0.29, 0.717) is 5.75 Å². The number of carbonyl (C=O) groups excluding carboxylic acids is 2. The highest BCUT2D eigenvalue weighted by Gasteiger charge is 2.22. The first-order valence-corrected chi connectivity index (χ1v) is 8.68. The van der Waals surface area contributed by atoms with Crippen LogP contribution in [-0.4, -0.2) is 39.8 Å². The van der Waals surface area contributed by atoms with Crippen molar-refractivity contribution in [3.8, 4) is 17.2 Å². The summed E-state index contributed by atoms with van der Waals surface area (Å²) < 4.78 is 20.7. The van der Waals surface area contributed by atoms with E-state index in [9.17, 15) is 9.59 Å². The number of hydrogen-bond acceptors (Lipinski definition) is 7. The third-order valence-corrected chi connectivity index (χ3v) is 4.66. The van der Waals surface area contributed by atoms with Gasteiger partial charge in [0.15, 0.2) is 18.1 Å². The van der Waals surface area contributed by atoms with Crippen molar-refractivity contribution in [2.75, 3.05) is 27.9 Å². The van der Waals surface area contributed by atoms with E-state index < -0.39 is 18.5 Å². The summed E-state index contributed by atoms with van der Waals surface area (Å²) >= 11 is 1.54. The maximum Gasteiger partial charge on any atom is 0.342 e. The van der Waals surface area contributed by atoms with Crippen LogP contribution in [0.15, 0.2) is 29.6 Å². The zero-order chi connectivity index (χ0) is 19.1. The summed E-state index contributed by atoms with van der Waals surface area (Å²) in [6, 6.07) is 6.74. The molecule has 0 aliphatic heterocycles. The first kappa shape index (κ1) is 19.6. The Balaban J connectivity index is 2.02. The van der Waals surface area contributed by atoms with Crippen LogP contribution in [0.4, 0.5) is 0 Å². The smallest absolute Gasteiger partial charge is 0.342 e. The Hall–Kier alpha value is -2.74. The van der Waals surface area contributed by atoms with Crippen molar-refractivity contribution in [3.63, 3.8) is 0 Å². The zero-order valence-electron chi connectivity index (χ0n) is 15.0. The fourth-order valence-corrected chi connectivity index (χ4v) is 3.10. The summed E-state index contributed by atoms with van der Waals surface area (Å²) in [4.78, 5) is 25.4. The molecule has 1 atom stereocenters. The number of methoxy groups -OCH3 is 3. The van der Waals surface area contributed by atoms with Crippen LogP contribution < -0.4 is 19.5 Å². The minimum absolute atomic E-state index is 0.143. The minimum Gasteiger partial charge on any atom is -0.493 e. The van der Waals surface area contributed by atoms with E-state index in [4.69, 9.17) is 18.9 Å². The van der Waals surface area contributed by atoms with Gasteiger partial charge in [0.2, 0.25) is 5.75 Å². The summed E-state index contributed by atoms with van der Waals surface area (Å²) in [5.41, 5.74) is 0.143. The van der Waals surface area contributed by atoms with Gasteiger partial charge >= 0.3 is 5.97 Å². The predicted molar refractivity (Wildman–Crippen MR) is 97.3 cm³/mol. The standard InChI is InChI=1S/C18H21NO6S/c1-11(14-6-5-9-26-14)19-15(20)10-25-18(21)12-7-8-13(22-2)17(24-4)16(12)23-3/h5-9,11H,10H2,1-4H3,(H,19,20)/t11-/m1/s1. The van der Waals surface area contributed by atoms with E-state index in [1.54, 1.807) is 17.4 Å². The summed E-state index contributed by atoms with van der Waals surface area (Å²) in [6.45, 7) is 1.47. The van der Waals surface area contributed by atoms with E-state index in [-0.39, 0.29) is 23.1 Å². The van der Waals surface area contributed by atoms with Crippen molar-refractivity contribution in [2.45, 2.75) is 13.0 Å². The molecule has 26 heavy (non-hydrogen) atoms. The Morgan fingerprint density at radius 2 is 1.81 bits per heavy atom. The van der Waals surface area contributed by atoms with Crippen LogP contribution in [0, 0.1) is 0 Å². The lowest BCUT2D eigenvalue weighted by molar-refractivity contribution is -0.124. The molecule has 1 amide bonds. The number of hydrogen-bond donors (Lipinski definition) is 1. The van der Waals surface area contributed by atoms with Gasteiger partial charge in [-0.3, -0.25) is 4.79 Å². The van der Waals surface area contributed by atoms with Gasteiger partial charge in [-0.05, 0) is 30.5 Å².